The Kier molecular flexibility index (Phi) is 8.76. The number of benzene rings is 1. The van der Waals surface area contributed by atoms with E-state index in [1.165, 1.54) is 13.2 Å². The summed E-state index contributed by atoms with van der Waals surface area (Å²) >= 11 is 0.816. The summed E-state index contributed by atoms with van der Waals surface area (Å²) in [6, 6.07) is 4.78. The molecule has 2 heterocycles. The van der Waals surface area contributed by atoms with Crippen molar-refractivity contribution in [2.45, 2.75) is 50.4 Å². The highest BCUT2D eigenvalue weighted by atomic mass is 32.2. The summed E-state index contributed by atoms with van der Waals surface area (Å²) < 4.78 is 35.9. The first-order valence-corrected chi connectivity index (χ1v) is 11.1. The quantitative estimate of drug-likeness (QED) is 0.343. The predicted octanol–water partition coefficient (Wildman–Crippen LogP) is 4.72. The monoisotopic (exact) mass is 443 g/mol. The second kappa shape index (κ2) is 11.3. The number of hydrogen-bond acceptors (Lipinski definition) is 7. The molecular weight excluding hydrogens is 413 g/mol. The van der Waals surface area contributed by atoms with Crippen LogP contribution in [0.2, 0.25) is 0 Å². The lowest BCUT2D eigenvalue weighted by Crippen LogP contribution is -2.40. The average Bonchev–Trinajstić information content (AvgIpc) is 2.73. The van der Waals surface area contributed by atoms with Gasteiger partial charge in [-0.1, -0.05) is 6.07 Å². The standard InChI is InChI=1S/C21H30FNO6S/c1-14(2)28-21(24)23-8-6-15(7-9-23)10-16-12-26-20(27-13-16)17-4-5-19(18(22)11-17)30-29-25-3/h4-5,11,14-16,20H,6-10,12-13H2,1-3H3. The summed E-state index contributed by atoms with van der Waals surface area (Å²) in [6.45, 7) is 6.32. The van der Waals surface area contributed by atoms with Crippen LogP contribution < -0.4 is 0 Å². The summed E-state index contributed by atoms with van der Waals surface area (Å²) in [4.78, 5) is 18.6. The van der Waals surface area contributed by atoms with Crippen molar-refractivity contribution in [2.75, 3.05) is 33.4 Å². The van der Waals surface area contributed by atoms with Crippen LogP contribution in [0.5, 0.6) is 0 Å². The minimum Gasteiger partial charge on any atom is -0.447 e. The lowest BCUT2D eigenvalue weighted by atomic mass is 9.87. The largest absolute Gasteiger partial charge is 0.447 e. The van der Waals surface area contributed by atoms with Crippen LogP contribution in [0, 0.1) is 17.7 Å². The van der Waals surface area contributed by atoms with Crippen molar-refractivity contribution in [3.63, 3.8) is 0 Å². The molecule has 0 saturated carbocycles. The first-order valence-electron chi connectivity index (χ1n) is 10.3. The average molecular weight is 444 g/mol. The zero-order valence-corrected chi connectivity index (χ0v) is 18.5. The number of carbonyl (C=O) groups is 1. The fraction of sp³-hybridized carbons (Fsp3) is 0.667. The predicted molar refractivity (Wildman–Crippen MR) is 109 cm³/mol. The summed E-state index contributed by atoms with van der Waals surface area (Å²) in [5.74, 6) is 0.429. The van der Waals surface area contributed by atoms with E-state index in [1.807, 2.05) is 13.8 Å². The molecule has 0 radical (unpaired) electrons. The molecular formula is C21H30FNO6S. The smallest absolute Gasteiger partial charge is 0.410 e. The topological polar surface area (TPSA) is 66.5 Å². The van der Waals surface area contributed by atoms with Crippen LogP contribution in [0.25, 0.3) is 0 Å². The molecule has 1 aromatic rings. The number of ether oxygens (including phenoxy) is 3. The molecule has 0 bridgehead atoms. The van der Waals surface area contributed by atoms with Crippen LogP contribution in [-0.4, -0.2) is 50.5 Å². The highest BCUT2D eigenvalue weighted by Gasteiger charge is 2.29. The van der Waals surface area contributed by atoms with Crippen LogP contribution in [-0.2, 0) is 23.4 Å². The number of nitrogens with zero attached hydrogens (tertiary/aromatic N) is 1. The Hall–Kier alpha value is -1.39. The van der Waals surface area contributed by atoms with Crippen LogP contribution in [0.4, 0.5) is 9.18 Å². The third-order valence-electron chi connectivity index (χ3n) is 5.26. The molecule has 0 N–H and O–H groups in total. The molecule has 9 heteroatoms. The van der Waals surface area contributed by atoms with Crippen molar-refractivity contribution in [1.82, 2.24) is 4.90 Å². The van der Waals surface area contributed by atoms with Gasteiger partial charge in [-0.15, -0.1) is 0 Å². The fourth-order valence-corrected chi connectivity index (χ4v) is 4.18. The van der Waals surface area contributed by atoms with Gasteiger partial charge < -0.3 is 19.1 Å². The van der Waals surface area contributed by atoms with E-state index < -0.39 is 12.1 Å². The third kappa shape index (κ3) is 6.55. The van der Waals surface area contributed by atoms with Gasteiger partial charge in [0.15, 0.2) is 6.29 Å². The lowest BCUT2D eigenvalue weighted by molar-refractivity contribution is -0.208. The first kappa shape index (κ1) is 23.3. The second-order valence-electron chi connectivity index (χ2n) is 7.97. The molecule has 2 aliphatic heterocycles. The van der Waals surface area contributed by atoms with E-state index in [-0.39, 0.29) is 12.2 Å². The van der Waals surface area contributed by atoms with Gasteiger partial charge >= 0.3 is 6.09 Å². The Balaban J connectivity index is 1.41. The van der Waals surface area contributed by atoms with Crippen LogP contribution in [0.1, 0.15) is 45.0 Å². The number of piperidine rings is 1. The molecule has 7 nitrogen and oxygen atoms in total. The van der Waals surface area contributed by atoms with Gasteiger partial charge in [-0.25, -0.2) is 14.1 Å². The number of carbonyl (C=O) groups excluding carboxylic acids is 1. The lowest BCUT2D eigenvalue weighted by Gasteiger charge is -2.35. The number of hydrogen-bond donors (Lipinski definition) is 0. The molecule has 0 atom stereocenters. The maximum absolute atomic E-state index is 14.2. The van der Waals surface area contributed by atoms with E-state index in [4.69, 9.17) is 18.5 Å². The van der Waals surface area contributed by atoms with E-state index in [2.05, 4.69) is 4.89 Å². The Labute approximate surface area is 181 Å². The molecule has 30 heavy (non-hydrogen) atoms. The van der Waals surface area contributed by atoms with Crippen molar-refractivity contribution >= 4 is 18.1 Å². The molecule has 0 unspecified atom stereocenters. The maximum Gasteiger partial charge on any atom is 0.410 e. The molecule has 0 aliphatic carbocycles. The zero-order chi connectivity index (χ0) is 21.5. The Morgan fingerprint density at radius 1 is 1.23 bits per heavy atom. The Morgan fingerprint density at radius 3 is 2.53 bits per heavy atom. The van der Waals surface area contributed by atoms with Crippen LogP contribution in [0.15, 0.2) is 23.1 Å². The summed E-state index contributed by atoms with van der Waals surface area (Å²) in [5, 5.41) is 0. The molecule has 2 saturated heterocycles. The minimum atomic E-state index is -0.564. The summed E-state index contributed by atoms with van der Waals surface area (Å²) in [7, 11) is 1.36. The van der Waals surface area contributed by atoms with Gasteiger partial charge in [0, 0.05) is 24.6 Å². The molecule has 0 aromatic heterocycles. The van der Waals surface area contributed by atoms with Gasteiger partial charge in [-0.05, 0) is 51.2 Å². The van der Waals surface area contributed by atoms with Gasteiger partial charge in [0.1, 0.15) is 5.82 Å². The van der Waals surface area contributed by atoms with Crippen LogP contribution >= 0.6 is 12.0 Å². The third-order valence-corrected chi connectivity index (χ3v) is 5.98. The number of likely N-dealkylation sites (tertiary alicyclic amines) is 1. The SMILES string of the molecule is COOSc1ccc(C2OCC(CC3CCN(C(=O)OC(C)C)CC3)CO2)cc1F. The summed E-state index contributed by atoms with van der Waals surface area (Å²) in [6.07, 6.45) is 2.04. The van der Waals surface area contributed by atoms with E-state index in [0.717, 1.165) is 44.4 Å². The number of halogens is 1. The Morgan fingerprint density at radius 2 is 1.93 bits per heavy atom. The van der Waals surface area contributed by atoms with Crippen LogP contribution in [0.3, 0.4) is 0 Å². The van der Waals surface area contributed by atoms with Gasteiger partial charge in [-0.2, -0.15) is 4.33 Å². The molecule has 1 aromatic carbocycles. The van der Waals surface area contributed by atoms with Gasteiger partial charge in [0.2, 0.25) is 0 Å². The normalized spacial score (nSPS) is 23.0. The number of rotatable bonds is 7. The molecule has 0 spiro atoms. The minimum absolute atomic E-state index is 0.0955. The van der Waals surface area contributed by atoms with Gasteiger partial charge in [0.25, 0.3) is 0 Å². The van der Waals surface area contributed by atoms with Gasteiger partial charge in [-0.3, -0.25) is 0 Å². The van der Waals surface area contributed by atoms with E-state index in [0.29, 0.717) is 35.5 Å². The highest BCUT2D eigenvalue weighted by Crippen LogP contribution is 2.33. The first-order chi connectivity index (χ1) is 14.5. The highest BCUT2D eigenvalue weighted by molar-refractivity contribution is 7.94. The Bertz CT molecular complexity index is 690. The number of amides is 1. The van der Waals surface area contributed by atoms with Gasteiger partial charge in [0.05, 0.1) is 43.4 Å². The molecule has 2 aliphatic rings. The van der Waals surface area contributed by atoms with Crippen molar-refractivity contribution in [2.24, 2.45) is 11.8 Å². The molecule has 168 valence electrons. The molecule has 2 fully saturated rings. The molecule has 3 rings (SSSR count). The van der Waals surface area contributed by atoms with Crippen molar-refractivity contribution in [3.05, 3.63) is 29.6 Å². The zero-order valence-electron chi connectivity index (χ0n) is 17.7. The fourth-order valence-electron chi connectivity index (χ4n) is 3.77. The van der Waals surface area contributed by atoms with Crippen molar-refractivity contribution in [3.8, 4) is 0 Å². The van der Waals surface area contributed by atoms with E-state index in [1.54, 1.807) is 17.0 Å². The van der Waals surface area contributed by atoms with E-state index >= 15 is 0 Å². The second-order valence-corrected chi connectivity index (χ2v) is 8.71. The summed E-state index contributed by atoms with van der Waals surface area (Å²) in [5.41, 5.74) is 0.643. The van der Waals surface area contributed by atoms with E-state index in [9.17, 15) is 9.18 Å². The molecule has 1 amide bonds. The maximum atomic E-state index is 14.2. The van der Waals surface area contributed by atoms with Crippen molar-refractivity contribution in [1.29, 1.82) is 0 Å². The van der Waals surface area contributed by atoms with Crippen molar-refractivity contribution < 1.29 is 32.6 Å².